The van der Waals surface area contributed by atoms with Crippen molar-refractivity contribution in [3.63, 3.8) is 0 Å². The Morgan fingerprint density at radius 1 is 0.947 bits per heavy atom. The van der Waals surface area contributed by atoms with Gasteiger partial charge in [-0.15, -0.1) is 0 Å². The van der Waals surface area contributed by atoms with Crippen LogP contribution in [0.4, 0.5) is 0 Å². The molecule has 0 spiro atoms. The van der Waals surface area contributed by atoms with Crippen LogP contribution in [0.15, 0.2) is 78.4 Å². The third-order valence-electron chi connectivity index (χ3n) is 6.54. The Kier molecular flexibility index (Phi) is 8.48. The zero-order valence-corrected chi connectivity index (χ0v) is 22.3. The SMILES string of the molecule is CCOc1ccc([C@@H]2C(=C(O)c3ccc(OCc4ccccc4)cc3C)C(=O)C(=O)N2CCN(C)C)cc1. The highest BCUT2D eigenvalue weighted by atomic mass is 16.5. The lowest BCUT2D eigenvalue weighted by molar-refractivity contribution is -0.140. The summed E-state index contributed by atoms with van der Waals surface area (Å²) in [6, 6.07) is 21.8. The van der Waals surface area contributed by atoms with Crippen molar-refractivity contribution in [2.24, 2.45) is 0 Å². The van der Waals surface area contributed by atoms with Crippen molar-refractivity contribution in [2.75, 3.05) is 33.8 Å². The van der Waals surface area contributed by atoms with Crippen molar-refractivity contribution in [3.05, 3.63) is 101 Å². The minimum atomic E-state index is -0.709. The standard InChI is InChI=1S/C31H34N2O5/c1-5-37-24-13-11-23(12-14-24)28-27(30(35)31(36)33(28)18-17-32(3)4)29(34)26-16-15-25(19-21(26)2)38-20-22-9-7-6-8-10-22/h6-16,19,28,34H,5,17-18,20H2,1-4H3/t28-/m1/s1. The largest absolute Gasteiger partial charge is 0.507 e. The number of carbonyl (C=O) groups excluding carboxylic acids is 2. The zero-order chi connectivity index (χ0) is 27.2. The van der Waals surface area contributed by atoms with Crippen LogP contribution in [0.2, 0.25) is 0 Å². The van der Waals surface area contributed by atoms with E-state index in [4.69, 9.17) is 9.47 Å². The van der Waals surface area contributed by atoms with Gasteiger partial charge in [-0.2, -0.15) is 0 Å². The lowest BCUT2D eigenvalue weighted by Gasteiger charge is -2.26. The van der Waals surface area contributed by atoms with E-state index in [9.17, 15) is 14.7 Å². The van der Waals surface area contributed by atoms with E-state index in [1.807, 2.05) is 93.5 Å². The lowest BCUT2D eigenvalue weighted by atomic mass is 9.94. The Labute approximate surface area is 223 Å². The van der Waals surface area contributed by atoms with E-state index < -0.39 is 17.7 Å². The van der Waals surface area contributed by atoms with E-state index >= 15 is 0 Å². The fraction of sp³-hybridized carbons (Fsp3) is 0.290. The summed E-state index contributed by atoms with van der Waals surface area (Å²) in [4.78, 5) is 29.9. The molecule has 0 aliphatic carbocycles. The van der Waals surface area contributed by atoms with Crippen LogP contribution in [-0.2, 0) is 16.2 Å². The molecule has 1 N–H and O–H groups in total. The predicted molar refractivity (Wildman–Crippen MR) is 147 cm³/mol. The Bertz CT molecular complexity index is 1320. The number of amides is 1. The normalized spacial score (nSPS) is 16.8. The number of hydrogen-bond donors (Lipinski definition) is 1. The van der Waals surface area contributed by atoms with E-state index in [1.165, 1.54) is 4.90 Å². The number of likely N-dealkylation sites (N-methyl/N-ethyl adjacent to an activating group) is 1. The molecule has 3 aromatic carbocycles. The molecule has 1 atom stereocenters. The number of likely N-dealkylation sites (tertiary alicyclic amines) is 1. The second-order valence-corrected chi connectivity index (χ2v) is 9.55. The van der Waals surface area contributed by atoms with Gasteiger partial charge in [-0.05, 0) is 75.0 Å². The van der Waals surface area contributed by atoms with Gasteiger partial charge < -0.3 is 24.4 Å². The quantitative estimate of drug-likeness (QED) is 0.234. The van der Waals surface area contributed by atoms with Crippen LogP contribution in [0.25, 0.3) is 5.76 Å². The van der Waals surface area contributed by atoms with Crippen molar-refractivity contribution in [1.82, 2.24) is 9.80 Å². The molecule has 1 aliphatic rings. The van der Waals surface area contributed by atoms with Gasteiger partial charge >= 0.3 is 0 Å². The molecule has 0 unspecified atom stereocenters. The topological polar surface area (TPSA) is 79.3 Å². The Morgan fingerprint density at radius 3 is 2.26 bits per heavy atom. The summed E-state index contributed by atoms with van der Waals surface area (Å²) in [6.45, 7) is 5.62. The third-order valence-corrected chi connectivity index (χ3v) is 6.54. The number of rotatable bonds is 10. The minimum absolute atomic E-state index is 0.0824. The molecule has 1 fully saturated rings. The summed E-state index contributed by atoms with van der Waals surface area (Å²) in [6.07, 6.45) is 0. The maximum atomic E-state index is 13.3. The van der Waals surface area contributed by atoms with Gasteiger partial charge in [0.05, 0.1) is 18.2 Å². The van der Waals surface area contributed by atoms with Crippen LogP contribution in [0.5, 0.6) is 11.5 Å². The maximum absolute atomic E-state index is 13.3. The summed E-state index contributed by atoms with van der Waals surface area (Å²) in [5.41, 5.74) is 3.08. The molecule has 7 heteroatoms. The number of ketones is 1. The summed E-state index contributed by atoms with van der Waals surface area (Å²) >= 11 is 0. The van der Waals surface area contributed by atoms with Gasteiger partial charge in [-0.1, -0.05) is 42.5 Å². The van der Waals surface area contributed by atoms with Gasteiger partial charge in [0.1, 0.15) is 23.9 Å². The molecule has 7 nitrogen and oxygen atoms in total. The Morgan fingerprint density at radius 2 is 1.63 bits per heavy atom. The number of benzene rings is 3. The van der Waals surface area contributed by atoms with Crippen LogP contribution in [-0.4, -0.2) is 60.4 Å². The van der Waals surface area contributed by atoms with Crippen LogP contribution in [0, 0.1) is 6.92 Å². The average Bonchev–Trinajstić information content (AvgIpc) is 3.16. The molecule has 0 bridgehead atoms. The molecule has 0 saturated carbocycles. The van der Waals surface area contributed by atoms with Crippen molar-refractivity contribution < 1.29 is 24.2 Å². The second kappa shape index (κ2) is 12.0. The number of nitrogens with zero attached hydrogens (tertiary/aromatic N) is 2. The maximum Gasteiger partial charge on any atom is 0.295 e. The van der Waals surface area contributed by atoms with Crippen molar-refractivity contribution in [3.8, 4) is 11.5 Å². The van der Waals surface area contributed by atoms with Crippen LogP contribution < -0.4 is 9.47 Å². The number of carbonyl (C=O) groups is 2. The van der Waals surface area contributed by atoms with Gasteiger partial charge in [0.2, 0.25) is 0 Å². The van der Waals surface area contributed by atoms with E-state index in [0.717, 1.165) is 16.7 Å². The molecule has 198 valence electrons. The minimum Gasteiger partial charge on any atom is -0.507 e. The number of aliphatic hydroxyl groups excluding tert-OH is 1. The van der Waals surface area contributed by atoms with E-state index in [0.29, 0.717) is 43.4 Å². The number of hydrogen-bond acceptors (Lipinski definition) is 6. The first-order valence-corrected chi connectivity index (χ1v) is 12.7. The second-order valence-electron chi connectivity index (χ2n) is 9.55. The molecule has 4 rings (SSSR count). The average molecular weight is 515 g/mol. The van der Waals surface area contributed by atoms with E-state index in [-0.39, 0.29) is 11.3 Å². The molecule has 1 saturated heterocycles. The van der Waals surface area contributed by atoms with Crippen molar-refractivity contribution in [1.29, 1.82) is 0 Å². The molecular weight excluding hydrogens is 480 g/mol. The molecule has 0 aromatic heterocycles. The van der Waals surface area contributed by atoms with Gasteiger partial charge in [-0.25, -0.2) is 0 Å². The molecular formula is C31H34N2O5. The summed E-state index contributed by atoms with van der Waals surface area (Å²) in [5, 5.41) is 11.5. The summed E-state index contributed by atoms with van der Waals surface area (Å²) in [7, 11) is 3.82. The summed E-state index contributed by atoms with van der Waals surface area (Å²) < 4.78 is 11.5. The molecule has 3 aromatic rings. The van der Waals surface area contributed by atoms with Crippen LogP contribution in [0.1, 0.15) is 35.2 Å². The van der Waals surface area contributed by atoms with Gasteiger partial charge in [0, 0.05) is 18.7 Å². The first-order valence-electron chi connectivity index (χ1n) is 12.7. The summed E-state index contributed by atoms with van der Waals surface area (Å²) in [5.74, 6) is -0.153. The van der Waals surface area contributed by atoms with Crippen LogP contribution >= 0.6 is 0 Å². The number of aliphatic hydroxyl groups is 1. The van der Waals surface area contributed by atoms with Crippen LogP contribution in [0.3, 0.4) is 0 Å². The fourth-order valence-corrected chi connectivity index (χ4v) is 4.56. The Hall–Kier alpha value is -4.10. The fourth-order valence-electron chi connectivity index (χ4n) is 4.56. The Balaban J connectivity index is 1.69. The van der Waals surface area contributed by atoms with Crippen molar-refractivity contribution >= 4 is 17.4 Å². The highest BCUT2D eigenvalue weighted by Crippen LogP contribution is 2.40. The molecule has 38 heavy (non-hydrogen) atoms. The third kappa shape index (κ3) is 5.89. The highest BCUT2D eigenvalue weighted by Gasteiger charge is 2.46. The molecule has 1 amide bonds. The number of aryl methyl sites for hydroxylation is 1. The van der Waals surface area contributed by atoms with E-state index in [2.05, 4.69) is 0 Å². The van der Waals surface area contributed by atoms with Gasteiger partial charge in [0.25, 0.3) is 11.7 Å². The molecule has 0 radical (unpaired) electrons. The van der Waals surface area contributed by atoms with E-state index in [1.54, 1.807) is 12.1 Å². The van der Waals surface area contributed by atoms with Gasteiger partial charge in [-0.3, -0.25) is 9.59 Å². The molecule has 1 heterocycles. The molecule has 1 aliphatic heterocycles. The predicted octanol–water partition coefficient (Wildman–Crippen LogP) is 4.96. The highest BCUT2D eigenvalue weighted by molar-refractivity contribution is 6.46. The first-order chi connectivity index (χ1) is 18.3. The zero-order valence-electron chi connectivity index (χ0n) is 22.3. The smallest absolute Gasteiger partial charge is 0.295 e. The van der Waals surface area contributed by atoms with Gasteiger partial charge in [0.15, 0.2) is 0 Å². The monoisotopic (exact) mass is 514 g/mol. The lowest BCUT2D eigenvalue weighted by Crippen LogP contribution is -2.35. The number of Topliss-reactive ketones (excluding diaryl/α,β-unsaturated/α-hetero) is 1. The van der Waals surface area contributed by atoms with Crippen molar-refractivity contribution in [2.45, 2.75) is 26.5 Å². The number of ether oxygens (including phenoxy) is 2. The first kappa shape index (κ1) is 26.9.